The van der Waals surface area contributed by atoms with Crippen LogP contribution in [-0.2, 0) is 19.0 Å². The van der Waals surface area contributed by atoms with E-state index < -0.39 is 23.8 Å². The van der Waals surface area contributed by atoms with Crippen molar-refractivity contribution in [1.82, 2.24) is 0 Å². The summed E-state index contributed by atoms with van der Waals surface area (Å²) in [5, 5.41) is 8.95. The molecule has 1 saturated heterocycles. The van der Waals surface area contributed by atoms with Gasteiger partial charge in [-0.25, -0.2) is 4.79 Å². The second-order valence-corrected chi connectivity index (χ2v) is 3.11. The van der Waals surface area contributed by atoms with Crippen LogP contribution in [0.3, 0.4) is 0 Å². The molecule has 0 aromatic heterocycles. The first-order chi connectivity index (χ1) is 6.10. The van der Waals surface area contributed by atoms with Crippen LogP contribution in [0.1, 0.15) is 6.92 Å². The fourth-order valence-corrected chi connectivity index (χ4v) is 1.51. The van der Waals surface area contributed by atoms with E-state index in [9.17, 15) is 4.79 Å². The minimum Gasteiger partial charge on any atom is -0.455 e. The van der Waals surface area contributed by atoms with Gasteiger partial charge in [0.15, 0.2) is 12.2 Å². The third-order valence-corrected chi connectivity index (χ3v) is 2.47. The Morgan fingerprint density at radius 1 is 1.62 bits per heavy atom. The van der Waals surface area contributed by atoms with Gasteiger partial charge in [-0.1, -0.05) is 0 Å². The average Bonchev–Trinajstić information content (AvgIpc) is 2.38. The molecule has 0 aromatic rings. The van der Waals surface area contributed by atoms with Crippen molar-refractivity contribution in [1.29, 1.82) is 0 Å². The zero-order valence-electron chi connectivity index (χ0n) is 7.94. The SMILES string of the molecule is COC1C(=O)O[C@H](CO)[C@]1(C)OC. The molecule has 1 aliphatic heterocycles. The number of methoxy groups -OCH3 is 2. The van der Waals surface area contributed by atoms with Crippen molar-refractivity contribution in [3.05, 3.63) is 0 Å². The number of rotatable bonds is 3. The highest BCUT2D eigenvalue weighted by molar-refractivity contribution is 5.79. The standard InChI is InChI=1S/C8H14O5/c1-8(12-3)5(4-9)13-7(10)6(8)11-2/h5-6,9H,4H2,1-3H3/t5-,6?,8+/m1/s1. The van der Waals surface area contributed by atoms with Gasteiger partial charge < -0.3 is 19.3 Å². The number of hydrogen-bond acceptors (Lipinski definition) is 5. The fourth-order valence-electron chi connectivity index (χ4n) is 1.51. The summed E-state index contributed by atoms with van der Waals surface area (Å²) in [6, 6.07) is 0. The molecule has 0 aromatic carbocycles. The third kappa shape index (κ3) is 1.43. The first-order valence-electron chi connectivity index (χ1n) is 3.99. The predicted octanol–water partition coefficient (Wildman–Crippen LogP) is -0.676. The number of esters is 1. The third-order valence-electron chi connectivity index (χ3n) is 2.47. The second-order valence-electron chi connectivity index (χ2n) is 3.11. The van der Waals surface area contributed by atoms with Crippen LogP contribution < -0.4 is 0 Å². The molecule has 0 aliphatic carbocycles. The lowest BCUT2D eigenvalue weighted by Crippen LogP contribution is -2.48. The highest BCUT2D eigenvalue weighted by Gasteiger charge is 2.55. The number of hydrogen-bond donors (Lipinski definition) is 1. The highest BCUT2D eigenvalue weighted by Crippen LogP contribution is 2.31. The molecule has 5 heteroatoms. The Morgan fingerprint density at radius 3 is 2.62 bits per heavy atom. The maximum absolute atomic E-state index is 11.2. The Kier molecular flexibility index (Phi) is 2.90. The van der Waals surface area contributed by atoms with Crippen LogP contribution in [0.25, 0.3) is 0 Å². The van der Waals surface area contributed by atoms with Crippen LogP contribution in [0.2, 0.25) is 0 Å². The van der Waals surface area contributed by atoms with Crippen molar-refractivity contribution in [3.8, 4) is 0 Å². The topological polar surface area (TPSA) is 65.0 Å². The van der Waals surface area contributed by atoms with Crippen LogP contribution in [0.5, 0.6) is 0 Å². The largest absolute Gasteiger partial charge is 0.455 e. The summed E-state index contributed by atoms with van der Waals surface area (Å²) in [5.74, 6) is -0.495. The van der Waals surface area contributed by atoms with E-state index in [0.717, 1.165) is 0 Å². The molecule has 1 N–H and O–H groups in total. The van der Waals surface area contributed by atoms with E-state index in [2.05, 4.69) is 0 Å². The van der Waals surface area contributed by atoms with Crippen molar-refractivity contribution >= 4 is 5.97 Å². The lowest BCUT2D eigenvalue weighted by molar-refractivity contribution is -0.149. The molecule has 1 rings (SSSR count). The number of ether oxygens (including phenoxy) is 3. The van der Waals surface area contributed by atoms with E-state index in [1.807, 2.05) is 0 Å². The number of carbonyl (C=O) groups excluding carboxylic acids is 1. The molecular formula is C8H14O5. The second kappa shape index (κ2) is 3.61. The molecule has 0 radical (unpaired) electrons. The summed E-state index contributed by atoms with van der Waals surface area (Å²) >= 11 is 0. The van der Waals surface area contributed by atoms with Gasteiger partial charge in [0, 0.05) is 14.2 Å². The summed E-state index contributed by atoms with van der Waals surface area (Å²) in [4.78, 5) is 11.2. The molecule has 0 saturated carbocycles. The van der Waals surface area contributed by atoms with Gasteiger partial charge in [0.1, 0.15) is 5.60 Å². The lowest BCUT2D eigenvalue weighted by atomic mass is 9.95. The Bertz CT molecular complexity index is 205. The molecule has 0 spiro atoms. The van der Waals surface area contributed by atoms with Crippen LogP contribution in [0.4, 0.5) is 0 Å². The van der Waals surface area contributed by atoms with Gasteiger partial charge in [-0.05, 0) is 6.92 Å². The van der Waals surface area contributed by atoms with E-state index in [1.54, 1.807) is 6.92 Å². The Morgan fingerprint density at radius 2 is 2.23 bits per heavy atom. The fraction of sp³-hybridized carbons (Fsp3) is 0.875. The molecular weight excluding hydrogens is 176 g/mol. The summed E-state index contributed by atoms with van der Waals surface area (Å²) in [5.41, 5.74) is -0.902. The minimum absolute atomic E-state index is 0.268. The smallest absolute Gasteiger partial charge is 0.338 e. The zero-order chi connectivity index (χ0) is 10.1. The molecule has 76 valence electrons. The van der Waals surface area contributed by atoms with Crippen molar-refractivity contribution in [2.45, 2.75) is 24.7 Å². The first kappa shape index (κ1) is 10.4. The minimum atomic E-state index is -0.902. The number of cyclic esters (lactones) is 1. The van der Waals surface area contributed by atoms with Gasteiger partial charge in [-0.2, -0.15) is 0 Å². The van der Waals surface area contributed by atoms with Gasteiger partial charge in [0.25, 0.3) is 0 Å². The number of aliphatic hydroxyl groups excluding tert-OH is 1. The van der Waals surface area contributed by atoms with Crippen LogP contribution in [0.15, 0.2) is 0 Å². The van der Waals surface area contributed by atoms with E-state index >= 15 is 0 Å². The lowest BCUT2D eigenvalue weighted by Gasteiger charge is -2.29. The zero-order valence-corrected chi connectivity index (χ0v) is 7.94. The summed E-state index contributed by atoms with van der Waals surface area (Å²) in [6.45, 7) is 1.41. The highest BCUT2D eigenvalue weighted by atomic mass is 16.6. The molecule has 1 fully saturated rings. The normalized spacial score (nSPS) is 39.2. The Labute approximate surface area is 76.6 Å². The van der Waals surface area contributed by atoms with Gasteiger partial charge in [0.05, 0.1) is 6.61 Å². The van der Waals surface area contributed by atoms with E-state index in [0.29, 0.717) is 0 Å². The Hall–Kier alpha value is -0.650. The molecule has 0 amide bonds. The number of aliphatic hydroxyl groups is 1. The van der Waals surface area contributed by atoms with Crippen molar-refractivity contribution in [2.24, 2.45) is 0 Å². The van der Waals surface area contributed by atoms with Crippen molar-refractivity contribution in [3.63, 3.8) is 0 Å². The first-order valence-corrected chi connectivity index (χ1v) is 3.99. The number of carbonyl (C=O) groups is 1. The molecule has 1 aliphatic rings. The molecule has 3 atom stereocenters. The van der Waals surface area contributed by atoms with Gasteiger partial charge >= 0.3 is 5.97 Å². The maximum atomic E-state index is 11.2. The molecule has 1 unspecified atom stereocenters. The molecule has 0 bridgehead atoms. The summed E-state index contributed by atoms with van der Waals surface area (Å²) in [7, 11) is 2.86. The Balaban J connectivity index is 2.90. The van der Waals surface area contributed by atoms with Gasteiger partial charge in [-0.15, -0.1) is 0 Å². The molecule has 1 heterocycles. The van der Waals surface area contributed by atoms with Crippen LogP contribution in [-0.4, -0.2) is 49.7 Å². The molecule has 13 heavy (non-hydrogen) atoms. The molecule has 5 nitrogen and oxygen atoms in total. The van der Waals surface area contributed by atoms with Gasteiger partial charge in [0.2, 0.25) is 0 Å². The van der Waals surface area contributed by atoms with Crippen molar-refractivity contribution in [2.75, 3.05) is 20.8 Å². The summed E-state index contributed by atoms with van der Waals surface area (Å²) < 4.78 is 15.0. The quantitative estimate of drug-likeness (QED) is 0.597. The monoisotopic (exact) mass is 190 g/mol. The average molecular weight is 190 g/mol. The van der Waals surface area contributed by atoms with Crippen LogP contribution >= 0.6 is 0 Å². The van der Waals surface area contributed by atoms with Gasteiger partial charge in [-0.3, -0.25) is 0 Å². The predicted molar refractivity (Wildman–Crippen MR) is 43.2 cm³/mol. The van der Waals surface area contributed by atoms with Crippen LogP contribution in [0, 0.1) is 0 Å². The summed E-state index contributed by atoms with van der Waals surface area (Å²) in [6.07, 6.45) is -1.43. The van der Waals surface area contributed by atoms with E-state index in [-0.39, 0.29) is 6.61 Å². The maximum Gasteiger partial charge on any atom is 0.338 e. The van der Waals surface area contributed by atoms with E-state index in [1.165, 1.54) is 14.2 Å². The van der Waals surface area contributed by atoms with E-state index in [4.69, 9.17) is 19.3 Å². The van der Waals surface area contributed by atoms with Crippen molar-refractivity contribution < 1.29 is 24.1 Å².